The molecule has 1 aromatic carbocycles. The largest absolute Gasteiger partial charge is 0.490 e. The van der Waals surface area contributed by atoms with Crippen molar-refractivity contribution >= 4 is 11.9 Å². The van der Waals surface area contributed by atoms with Crippen molar-refractivity contribution in [2.75, 3.05) is 0 Å². The summed E-state index contributed by atoms with van der Waals surface area (Å²) in [6, 6.07) is 6.98. The SMILES string of the molecule is CC(C)C(NC(=O)CCc1cccc(OC2CCCC2)c1)C(=O)O. The quantitative estimate of drug-likeness (QED) is 0.766. The third kappa shape index (κ3) is 5.55. The predicted octanol–water partition coefficient (Wildman–Crippen LogP) is 3.17. The van der Waals surface area contributed by atoms with Gasteiger partial charge in [0.1, 0.15) is 11.8 Å². The molecule has 0 saturated heterocycles. The number of carboxylic acid groups (broad SMARTS) is 1. The molecule has 0 radical (unpaired) electrons. The van der Waals surface area contributed by atoms with Crippen LogP contribution in [0.5, 0.6) is 5.75 Å². The van der Waals surface area contributed by atoms with E-state index in [0.717, 1.165) is 24.2 Å². The van der Waals surface area contributed by atoms with Crippen LogP contribution in [0.1, 0.15) is 51.5 Å². The Bertz CT molecular complexity index is 564. The Kier molecular flexibility index (Phi) is 6.64. The van der Waals surface area contributed by atoms with Gasteiger partial charge < -0.3 is 15.2 Å². The number of amides is 1. The van der Waals surface area contributed by atoms with Crippen molar-refractivity contribution in [2.24, 2.45) is 5.92 Å². The molecule has 132 valence electrons. The van der Waals surface area contributed by atoms with Gasteiger partial charge in [0.15, 0.2) is 0 Å². The lowest BCUT2D eigenvalue weighted by atomic mass is 10.0. The van der Waals surface area contributed by atoms with E-state index >= 15 is 0 Å². The molecule has 0 aromatic heterocycles. The van der Waals surface area contributed by atoms with E-state index in [9.17, 15) is 9.59 Å². The number of benzene rings is 1. The molecule has 0 heterocycles. The third-order valence-electron chi connectivity index (χ3n) is 4.39. The van der Waals surface area contributed by atoms with Gasteiger partial charge >= 0.3 is 5.97 Å². The number of hydrogen-bond acceptors (Lipinski definition) is 3. The average molecular weight is 333 g/mol. The molecule has 1 unspecified atom stereocenters. The first-order valence-electron chi connectivity index (χ1n) is 8.73. The topological polar surface area (TPSA) is 75.6 Å². The Morgan fingerprint density at radius 1 is 1.29 bits per heavy atom. The maximum atomic E-state index is 12.0. The average Bonchev–Trinajstić information content (AvgIpc) is 3.03. The zero-order valence-corrected chi connectivity index (χ0v) is 14.5. The van der Waals surface area contributed by atoms with E-state index in [2.05, 4.69) is 5.32 Å². The predicted molar refractivity (Wildman–Crippen MR) is 92.1 cm³/mol. The van der Waals surface area contributed by atoms with Crippen LogP contribution in [-0.4, -0.2) is 29.1 Å². The molecule has 0 spiro atoms. The van der Waals surface area contributed by atoms with Gasteiger partial charge in [0.2, 0.25) is 5.91 Å². The minimum atomic E-state index is -0.995. The fraction of sp³-hybridized carbons (Fsp3) is 0.579. The molecule has 1 aromatic rings. The second-order valence-corrected chi connectivity index (χ2v) is 6.80. The molecule has 1 fully saturated rings. The summed E-state index contributed by atoms with van der Waals surface area (Å²) >= 11 is 0. The minimum Gasteiger partial charge on any atom is -0.490 e. The van der Waals surface area contributed by atoms with E-state index in [-0.39, 0.29) is 18.2 Å². The van der Waals surface area contributed by atoms with Crippen molar-refractivity contribution in [1.29, 1.82) is 0 Å². The van der Waals surface area contributed by atoms with Crippen molar-refractivity contribution in [1.82, 2.24) is 5.32 Å². The number of ether oxygens (including phenoxy) is 1. The number of nitrogens with one attached hydrogen (secondary N) is 1. The number of carbonyl (C=O) groups is 2. The molecule has 2 rings (SSSR count). The van der Waals surface area contributed by atoms with E-state index in [1.165, 1.54) is 12.8 Å². The van der Waals surface area contributed by atoms with Crippen LogP contribution in [-0.2, 0) is 16.0 Å². The number of hydrogen-bond donors (Lipinski definition) is 2. The number of rotatable bonds is 8. The first-order chi connectivity index (χ1) is 11.5. The van der Waals surface area contributed by atoms with Crippen molar-refractivity contribution in [3.05, 3.63) is 29.8 Å². The molecule has 1 amide bonds. The monoisotopic (exact) mass is 333 g/mol. The zero-order valence-electron chi connectivity index (χ0n) is 14.5. The van der Waals surface area contributed by atoms with Gasteiger partial charge in [0.25, 0.3) is 0 Å². The maximum absolute atomic E-state index is 12.0. The summed E-state index contributed by atoms with van der Waals surface area (Å²) in [5.41, 5.74) is 1.03. The van der Waals surface area contributed by atoms with Crippen molar-refractivity contribution in [3.8, 4) is 5.75 Å². The lowest BCUT2D eigenvalue weighted by Crippen LogP contribution is -2.44. The van der Waals surface area contributed by atoms with Crippen LogP contribution in [0.15, 0.2) is 24.3 Å². The summed E-state index contributed by atoms with van der Waals surface area (Å²) in [5, 5.41) is 11.7. The molecule has 0 bridgehead atoms. The molecule has 2 N–H and O–H groups in total. The van der Waals surface area contributed by atoms with Gasteiger partial charge in [-0.2, -0.15) is 0 Å². The Morgan fingerprint density at radius 3 is 2.62 bits per heavy atom. The molecular formula is C19H27NO4. The molecule has 0 aliphatic heterocycles. The van der Waals surface area contributed by atoms with Crippen molar-refractivity contribution in [2.45, 2.75) is 64.5 Å². The van der Waals surface area contributed by atoms with Gasteiger partial charge in [-0.05, 0) is 55.7 Å². The fourth-order valence-electron chi connectivity index (χ4n) is 2.99. The molecule has 1 saturated carbocycles. The lowest BCUT2D eigenvalue weighted by Gasteiger charge is -2.18. The van der Waals surface area contributed by atoms with Gasteiger partial charge in [-0.25, -0.2) is 4.79 Å². The van der Waals surface area contributed by atoms with Crippen molar-refractivity contribution < 1.29 is 19.4 Å². The van der Waals surface area contributed by atoms with Gasteiger partial charge in [-0.1, -0.05) is 26.0 Å². The fourth-order valence-corrected chi connectivity index (χ4v) is 2.99. The summed E-state index contributed by atoms with van der Waals surface area (Å²) in [6.45, 7) is 3.56. The van der Waals surface area contributed by atoms with Gasteiger partial charge in [-0.3, -0.25) is 4.79 Å². The highest BCUT2D eigenvalue weighted by Crippen LogP contribution is 2.24. The highest BCUT2D eigenvalue weighted by Gasteiger charge is 2.23. The number of aryl methyl sites for hydroxylation is 1. The summed E-state index contributed by atoms with van der Waals surface area (Å²) in [6.07, 6.45) is 5.82. The van der Waals surface area contributed by atoms with Gasteiger partial charge in [0.05, 0.1) is 6.10 Å². The third-order valence-corrected chi connectivity index (χ3v) is 4.39. The van der Waals surface area contributed by atoms with Crippen LogP contribution >= 0.6 is 0 Å². The summed E-state index contributed by atoms with van der Waals surface area (Å²) in [5.74, 6) is -0.525. The van der Waals surface area contributed by atoms with Crippen LogP contribution in [0.2, 0.25) is 0 Å². The van der Waals surface area contributed by atoms with Crippen LogP contribution in [0.3, 0.4) is 0 Å². The molecule has 24 heavy (non-hydrogen) atoms. The van der Waals surface area contributed by atoms with Crippen LogP contribution in [0.4, 0.5) is 0 Å². The van der Waals surface area contributed by atoms with E-state index in [4.69, 9.17) is 9.84 Å². The van der Waals surface area contributed by atoms with E-state index in [0.29, 0.717) is 12.5 Å². The first-order valence-corrected chi connectivity index (χ1v) is 8.73. The smallest absolute Gasteiger partial charge is 0.326 e. The molecular weight excluding hydrogens is 306 g/mol. The summed E-state index contributed by atoms with van der Waals surface area (Å²) in [4.78, 5) is 23.1. The second-order valence-electron chi connectivity index (χ2n) is 6.80. The Balaban J connectivity index is 1.84. The summed E-state index contributed by atoms with van der Waals surface area (Å²) in [7, 11) is 0. The van der Waals surface area contributed by atoms with Gasteiger partial charge in [0, 0.05) is 6.42 Å². The molecule has 5 heteroatoms. The summed E-state index contributed by atoms with van der Waals surface area (Å²) < 4.78 is 5.97. The lowest BCUT2D eigenvalue weighted by molar-refractivity contribution is -0.143. The molecule has 5 nitrogen and oxygen atoms in total. The van der Waals surface area contributed by atoms with E-state index in [1.807, 2.05) is 24.3 Å². The number of aliphatic carboxylic acids is 1. The maximum Gasteiger partial charge on any atom is 0.326 e. The zero-order chi connectivity index (χ0) is 17.5. The normalized spacial score (nSPS) is 16.1. The van der Waals surface area contributed by atoms with Crippen molar-refractivity contribution in [3.63, 3.8) is 0 Å². The van der Waals surface area contributed by atoms with Crippen LogP contribution in [0.25, 0.3) is 0 Å². The van der Waals surface area contributed by atoms with Crippen LogP contribution < -0.4 is 10.1 Å². The Hall–Kier alpha value is -2.04. The molecule has 1 atom stereocenters. The first kappa shape index (κ1) is 18.3. The highest BCUT2D eigenvalue weighted by molar-refractivity contribution is 5.83. The highest BCUT2D eigenvalue weighted by atomic mass is 16.5. The molecule has 1 aliphatic rings. The number of carboxylic acids is 1. The van der Waals surface area contributed by atoms with Gasteiger partial charge in [-0.15, -0.1) is 0 Å². The van der Waals surface area contributed by atoms with E-state index < -0.39 is 12.0 Å². The van der Waals surface area contributed by atoms with E-state index in [1.54, 1.807) is 13.8 Å². The minimum absolute atomic E-state index is 0.144. The standard InChI is InChI=1S/C19H27NO4/c1-13(2)18(19(22)23)20-17(21)11-10-14-6-5-9-16(12-14)24-15-7-3-4-8-15/h5-6,9,12-13,15,18H,3-4,7-8,10-11H2,1-2H3,(H,20,21)(H,22,23). The Labute approximate surface area is 143 Å². The second kappa shape index (κ2) is 8.71. The van der Waals surface area contributed by atoms with Crippen LogP contribution in [0, 0.1) is 5.92 Å². The number of carbonyl (C=O) groups excluding carboxylic acids is 1. The Morgan fingerprint density at radius 2 is 2.00 bits per heavy atom. The molecule has 1 aliphatic carbocycles.